The molecule has 7 nitrogen and oxygen atoms in total. The highest BCUT2D eigenvalue weighted by molar-refractivity contribution is 6.30. The summed E-state index contributed by atoms with van der Waals surface area (Å²) >= 11 is 5.82. The van der Waals surface area contributed by atoms with Crippen LogP contribution in [0.1, 0.15) is 23.0 Å². The number of carboxylic acids is 1. The van der Waals surface area contributed by atoms with Crippen LogP contribution < -0.4 is 10.6 Å². The van der Waals surface area contributed by atoms with E-state index in [0.717, 1.165) is 0 Å². The van der Waals surface area contributed by atoms with Gasteiger partial charge in [-0.15, -0.1) is 0 Å². The van der Waals surface area contributed by atoms with E-state index in [1.54, 1.807) is 24.3 Å². The number of hydrogen-bond acceptors (Lipinski definition) is 4. The molecule has 130 valence electrons. The average molecular weight is 363 g/mol. The second kappa shape index (κ2) is 8.16. The monoisotopic (exact) mass is 362 g/mol. The quantitative estimate of drug-likeness (QED) is 0.683. The standard InChI is InChI=1S/C17H15ClN2O5/c1-10(17(23)24)19-15(21)13(9-11-4-6-12(18)7-5-11)20-16(22)14-3-2-8-25-14/h2-10H,1H3,(H,19,21)(H,20,22)(H,23,24)/b13-9+/t10-/m0/s1. The van der Waals surface area contributed by atoms with E-state index in [1.165, 1.54) is 31.4 Å². The third-order valence-corrected chi connectivity index (χ3v) is 3.39. The summed E-state index contributed by atoms with van der Waals surface area (Å²) in [6.45, 7) is 1.31. The van der Waals surface area contributed by atoms with Gasteiger partial charge in [0.25, 0.3) is 11.8 Å². The normalized spacial score (nSPS) is 12.3. The molecule has 25 heavy (non-hydrogen) atoms. The second-order valence-electron chi connectivity index (χ2n) is 5.07. The summed E-state index contributed by atoms with van der Waals surface area (Å²) in [7, 11) is 0. The van der Waals surface area contributed by atoms with Crippen LogP contribution in [0.4, 0.5) is 0 Å². The van der Waals surface area contributed by atoms with Crippen LogP contribution in [0, 0.1) is 0 Å². The number of furan rings is 1. The molecule has 0 fully saturated rings. The topological polar surface area (TPSA) is 109 Å². The SMILES string of the molecule is C[C@H](NC(=O)/C(=C\c1ccc(Cl)cc1)NC(=O)c1ccco1)C(=O)O. The lowest BCUT2D eigenvalue weighted by Gasteiger charge is -2.13. The van der Waals surface area contributed by atoms with Gasteiger partial charge in [0.15, 0.2) is 5.76 Å². The largest absolute Gasteiger partial charge is 0.480 e. The van der Waals surface area contributed by atoms with Gasteiger partial charge in [0, 0.05) is 5.02 Å². The molecule has 1 aromatic carbocycles. The van der Waals surface area contributed by atoms with Gasteiger partial charge in [0.05, 0.1) is 6.26 Å². The third-order valence-electron chi connectivity index (χ3n) is 3.14. The van der Waals surface area contributed by atoms with Crippen LogP contribution in [0.5, 0.6) is 0 Å². The summed E-state index contributed by atoms with van der Waals surface area (Å²) < 4.78 is 4.98. The van der Waals surface area contributed by atoms with Gasteiger partial charge in [0.2, 0.25) is 0 Å². The van der Waals surface area contributed by atoms with Gasteiger partial charge in [-0.25, -0.2) is 0 Å². The highest BCUT2D eigenvalue weighted by Crippen LogP contribution is 2.12. The number of carboxylic acid groups (broad SMARTS) is 1. The van der Waals surface area contributed by atoms with E-state index in [0.29, 0.717) is 10.6 Å². The predicted molar refractivity (Wildman–Crippen MR) is 90.8 cm³/mol. The number of halogens is 1. The number of carbonyl (C=O) groups excluding carboxylic acids is 2. The van der Waals surface area contributed by atoms with Crippen molar-refractivity contribution in [2.45, 2.75) is 13.0 Å². The van der Waals surface area contributed by atoms with Crippen molar-refractivity contribution >= 4 is 35.5 Å². The van der Waals surface area contributed by atoms with E-state index in [4.69, 9.17) is 21.1 Å². The van der Waals surface area contributed by atoms with Crippen molar-refractivity contribution in [2.24, 2.45) is 0 Å². The zero-order chi connectivity index (χ0) is 18.4. The molecule has 8 heteroatoms. The lowest BCUT2D eigenvalue weighted by Crippen LogP contribution is -2.42. The van der Waals surface area contributed by atoms with E-state index in [2.05, 4.69) is 10.6 Å². The Balaban J connectivity index is 2.26. The van der Waals surface area contributed by atoms with Crippen LogP contribution in [0.2, 0.25) is 5.02 Å². The van der Waals surface area contributed by atoms with Gasteiger partial charge in [-0.2, -0.15) is 0 Å². The Labute approximate surface area is 148 Å². The molecule has 1 aromatic heterocycles. The number of carbonyl (C=O) groups is 3. The van der Waals surface area contributed by atoms with Crippen molar-refractivity contribution in [1.82, 2.24) is 10.6 Å². The van der Waals surface area contributed by atoms with E-state index in [9.17, 15) is 14.4 Å². The Bertz CT molecular complexity index is 797. The molecular weight excluding hydrogens is 348 g/mol. The van der Waals surface area contributed by atoms with Crippen molar-refractivity contribution in [3.05, 3.63) is 64.7 Å². The predicted octanol–water partition coefficient (Wildman–Crippen LogP) is 2.29. The number of hydrogen-bond donors (Lipinski definition) is 3. The first-order valence-corrected chi connectivity index (χ1v) is 7.60. The minimum atomic E-state index is -1.20. The number of amides is 2. The smallest absolute Gasteiger partial charge is 0.325 e. The summed E-state index contributed by atoms with van der Waals surface area (Å²) in [5.74, 6) is -2.56. The molecule has 2 amide bonds. The highest BCUT2D eigenvalue weighted by atomic mass is 35.5. The molecule has 1 heterocycles. The molecule has 0 spiro atoms. The van der Waals surface area contributed by atoms with Crippen LogP contribution in [0.25, 0.3) is 6.08 Å². The Kier molecular flexibility index (Phi) is 5.97. The van der Waals surface area contributed by atoms with Crippen molar-refractivity contribution in [2.75, 3.05) is 0 Å². The Morgan fingerprint density at radius 3 is 2.44 bits per heavy atom. The van der Waals surface area contributed by atoms with Gasteiger partial charge in [0.1, 0.15) is 11.7 Å². The van der Waals surface area contributed by atoms with E-state index in [1.807, 2.05) is 0 Å². The summed E-state index contributed by atoms with van der Waals surface area (Å²) in [6, 6.07) is 8.39. The molecule has 0 unspecified atom stereocenters. The van der Waals surface area contributed by atoms with Gasteiger partial charge in [-0.1, -0.05) is 23.7 Å². The maximum atomic E-state index is 12.3. The summed E-state index contributed by atoms with van der Waals surface area (Å²) in [4.78, 5) is 35.4. The first kappa shape index (κ1) is 18.3. The highest BCUT2D eigenvalue weighted by Gasteiger charge is 2.20. The molecule has 2 aromatic rings. The Morgan fingerprint density at radius 2 is 1.88 bits per heavy atom. The van der Waals surface area contributed by atoms with Crippen LogP contribution in [0.3, 0.4) is 0 Å². The molecule has 0 aliphatic heterocycles. The average Bonchev–Trinajstić information content (AvgIpc) is 3.10. The van der Waals surface area contributed by atoms with Gasteiger partial charge >= 0.3 is 5.97 Å². The molecule has 2 rings (SSSR count). The van der Waals surface area contributed by atoms with Crippen molar-refractivity contribution in [3.8, 4) is 0 Å². The zero-order valence-electron chi connectivity index (χ0n) is 13.2. The first-order chi connectivity index (χ1) is 11.9. The number of rotatable bonds is 6. The Hall–Kier alpha value is -3.06. The van der Waals surface area contributed by atoms with Crippen LogP contribution >= 0.6 is 11.6 Å². The summed E-state index contributed by atoms with van der Waals surface area (Å²) in [5, 5.41) is 14.1. The van der Waals surface area contributed by atoms with E-state index >= 15 is 0 Å². The molecule has 1 atom stereocenters. The molecular formula is C17H15ClN2O5. The van der Waals surface area contributed by atoms with Crippen LogP contribution in [-0.4, -0.2) is 28.9 Å². The fraction of sp³-hybridized carbons (Fsp3) is 0.118. The second-order valence-corrected chi connectivity index (χ2v) is 5.51. The number of benzene rings is 1. The minimum Gasteiger partial charge on any atom is -0.480 e. The van der Waals surface area contributed by atoms with Crippen LogP contribution in [-0.2, 0) is 9.59 Å². The van der Waals surface area contributed by atoms with Gasteiger partial charge < -0.3 is 20.2 Å². The fourth-order valence-electron chi connectivity index (χ4n) is 1.81. The fourth-order valence-corrected chi connectivity index (χ4v) is 1.94. The molecule has 0 aliphatic carbocycles. The van der Waals surface area contributed by atoms with Gasteiger partial charge in [-0.3, -0.25) is 14.4 Å². The summed E-state index contributed by atoms with van der Waals surface area (Å²) in [5.41, 5.74) is 0.467. The lowest BCUT2D eigenvalue weighted by molar-refractivity contribution is -0.140. The molecule has 3 N–H and O–H groups in total. The maximum Gasteiger partial charge on any atom is 0.325 e. The molecule has 0 aliphatic rings. The number of nitrogens with one attached hydrogen (secondary N) is 2. The molecule has 0 saturated carbocycles. The molecule has 0 radical (unpaired) electrons. The maximum absolute atomic E-state index is 12.3. The molecule has 0 saturated heterocycles. The van der Waals surface area contributed by atoms with Crippen LogP contribution in [0.15, 0.2) is 52.8 Å². The lowest BCUT2D eigenvalue weighted by atomic mass is 10.1. The molecule has 0 bridgehead atoms. The summed E-state index contributed by atoms with van der Waals surface area (Å²) in [6.07, 6.45) is 2.73. The van der Waals surface area contributed by atoms with E-state index in [-0.39, 0.29) is 11.5 Å². The van der Waals surface area contributed by atoms with Crippen molar-refractivity contribution in [3.63, 3.8) is 0 Å². The zero-order valence-corrected chi connectivity index (χ0v) is 13.9. The third kappa shape index (κ3) is 5.22. The Morgan fingerprint density at radius 1 is 1.20 bits per heavy atom. The van der Waals surface area contributed by atoms with Crippen molar-refractivity contribution in [1.29, 1.82) is 0 Å². The minimum absolute atomic E-state index is 0.0149. The van der Waals surface area contributed by atoms with E-state index < -0.39 is 23.8 Å². The first-order valence-electron chi connectivity index (χ1n) is 7.22. The number of aliphatic carboxylic acids is 1. The van der Waals surface area contributed by atoms with Gasteiger partial charge in [-0.05, 0) is 42.8 Å². The van der Waals surface area contributed by atoms with Crippen molar-refractivity contribution < 1.29 is 23.9 Å².